The van der Waals surface area contributed by atoms with Gasteiger partial charge in [0.15, 0.2) is 0 Å². The van der Waals surface area contributed by atoms with E-state index in [-0.39, 0.29) is 17.7 Å². The quantitative estimate of drug-likeness (QED) is 0.899. The fourth-order valence-corrected chi connectivity index (χ4v) is 4.83. The van der Waals surface area contributed by atoms with Crippen molar-refractivity contribution in [3.8, 4) is 0 Å². The maximum atomic E-state index is 13.1. The lowest BCUT2D eigenvalue weighted by Crippen LogP contribution is -2.47. The Morgan fingerprint density at radius 3 is 2.77 bits per heavy atom. The summed E-state index contributed by atoms with van der Waals surface area (Å²) in [6.07, 6.45) is 0. The summed E-state index contributed by atoms with van der Waals surface area (Å²) in [6, 6.07) is 7.05. The molecule has 0 fully saturated rings. The molecule has 2 aliphatic rings. The highest BCUT2D eigenvalue weighted by Crippen LogP contribution is 2.35. The zero-order valence-corrected chi connectivity index (χ0v) is 16.0. The average Bonchev–Trinajstić information content (AvgIpc) is 3.25. The number of aryl methyl sites for hydroxylation is 1. The van der Waals surface area contributed by atoms with Crippen LogP contribution in [0, 0.1) is 5.92 Å². The number of hydrogen-bond donors (Lipinski definition) is 1. The Labute approximate surface area is 156 Å². The van der Waals surface area contributed by atoms with Gasteiger partial charge in [0.05, 0.1) is 5.69 Å². The third-order valence-electron chi connectivity index (χ3n) is 5.04. The minimum Gasteiger partial charge on any atom is -0.322 e. The third kappa shape index (κ3) is 2.70. The molecular weight excluding hydrogens is 348 g/mol. The van der Waals surface area contributed by atoms with Gasteiger partial charge in [-0.25, -0.2) is 0 Å². The molecular formula is C19H22N4O2S. The molecule has 0 aliphatic carbocycles. The number of anilines is 1. The van der Waals surface area contributed by atoms with Gasteiger partial charge in [-0.3, -0.25) is 14.3 Å². The Bertz CT molecular complexity index is 890. The van der Waals surface area contributed by atoms with Crippen molar-refractivity contribution in [1.82, 2.24) is 14.7 Å². The van der Waals surface area contributed by atoms with Gasteiger partial charge in [0, 0.05) is 36.2 Å². The van der Waals surface area contributed by atoms with Gasteiger partial charge in [-0.2, -0.15) is 16.9 Å². The minimum absolute atomic E-state index is 0.00362. The lowest BCUT2D eigenvalue weighted by atomic mass is 10.0. The molecule has 0 saturated heterocycles. The summed E-state index contributed by atoms with van der Waals surface area (Å²) in [7, 11) is 1.85. The van der Waals surface area contributed by atoms with Crippen LogP contribution < -0.4 is 5.32 Å². The number of rotatable bonds is 4. The van der Waals surface area contributed by atoms with Gasteiger partial charge >= 0.3 is 0 Å². The maximum absolute atomic E-state index is 13.1. The molecule has 1 N–H and O–H groups in total. The van der Waals surface area contributed by atoms with Crippen molar-refractivity contribution < 1.29 is 9.59 Å². The first-order valence-corrected chi connectivity index (χ1v) is 9.95. The molecule has 26 heavy (non-hydrogen) atoms. The second-order valence-corrected chi connectivity index (χ2v) is 8.14. The number of carbonyl (C=O) groups is 2. The first-order chi connectivity index (χ1) is 12.5. The lowest BCUT2D eigenvalue weighted by molar-refractivity contribution is -0.122. The van der Waals surface area contributed by atoms with Gasteiger partial charge in [-0.15, -0.1) is 0 Å². The van der Waals surface area contributed by atoms with E-state index in [4.69, 9.17) is 0 Å². The molecule has 0 saturated carbocycles. The van der Waals surface area contributed by atoms with E-state index in [0.717, 1.165) is 34.1 Å². The van der Waals surface area contributed by atoms with E-state index < -0.39 is 6.04 Å². The largest absolute Gasteiger partial charge is 0.322 e. The fourth-order valence-electron chi connectivity index (χ4n) is 3.79. The van der Waals surface area contributed by atoms with Crippen molar-refractivity contribution in [2.45, 2.75) is 37.9 Å². The minimum atomic E-state index is -0.519. The molecule has 0 bridgehead atoms. The second kappa shape index (κ2) is 6.46. The van der Waals surface area contributed by atoms with Crippen LogP contribution in [0.4, 0.5) is 5.82 Å². The molecule has 4 rings (SSSR count). The Balaban J connectivity index is 1.60. The van der Waals surface area contributed by atoms with Crippen molar-refractivity contribution in [3.63, 3.8) is 0 Å². The molecule has 2 aromatic rings. The molecule has 2 aliphatic heterocycles. The smallest absolute Gasteiger partial charge is 0.255 e. The predicted molar refractivity (Wildman–Crippen MR) is 102 cm³/mol. The highest BCUT2D eigenvalue weighted by molar-refractivity contribution is 7.98. The Kier molecular flexibility index (Phi) is 4.26. The van der Waals surface area contributed by atoms with E-state index in [1.165, 1.54) is 0 Å². The first kappa shape index (κ1) is 17.1. The molecule has 0 spiro atoms. The van der Waals surface area contributed by atoms with E-state index in [0.29, 0.717) is 12.1 Å². The third-order valence-corrected chi connectivity index (χ3v) is 6.01. The average molecular weight is 370 g/mol. The van der Waals surface area contributed by atoms with Gasteiger partial charge in [-0.1, -0.05) is 32.0 Å². The monoisotopic (exact) mass is 370 g/mol. The highest BCUT2D eigenvalue weighted by Gasteiger charge is 2.38. The summed E-state index contributed by atoms with van der Waals surface area (Å²) in [4.78, 5) is 27.7. The number of amides is 2. The first-order valence-electron chi connectivity index (χ1n) is 8.79. The highest BCUT2D eigenvalue weighted by atomic mass is 32.2. The standard InChI is InChI=1S/C19H22N4O2S/c1-11(2)16(23-8-12-6-4-5-7-13(12)19(23)25)18(24)20-17-14-9-26-10-15(14)21-22(17)3/h4-7,11,16H,8-10H2,1-3H3,(H,20,24)/t16-/m0/s1. The van der Waals surface area contributed by atoms with E-state index in [1.807, 2.05) is 45.2 Å². The zero-order chi connectivity index (χ0) is 18.4. The van der Waals surface area contributed by atoms with Gasteiger partial charge < -0.3 is 10.2 Å². The van der Waals surface area contributed by atoms with Crippen LogP contribution in [0.3, 0.4) is 0 Å². The summed E-state index contributed by atoms with van der Waals surface area (Å²) in [5, 5.41) is 7.54. The number of thioether (sulfide) groups is 1. The zero-order valence-electron chi connectivity index (χ0n) is 15.2. The van der Waals surface area contributed by atoms with E-state index in [2.05, 4.69) is 10.4 Å². The summed E-state index contributed by atoms with van der Waals surface area (Å²) >= 11 is 1.80. The normalized spacial score (nSPS) is 16.8. The molecule has 1 aromatic carbocycles. The van der Waals surface area contributed by atoms with E-state index >= 15 is 0 Å². The van der Waals surface area contributed by atoms with Gasteiger partial charge in [-0.05, 0) is 17.5 Å². The number of nitrogens with zero attached hydrogens (tertiary/aromatic N) is 3. The SMILES string of the molecule is CC(C)[C@@H](C(=O)Nc1c2c(nn1C)CSC2)N1Cc2ccccc2C1=O. The molecule has 0 radical (unpaired) electrons. The van der Waals surface area contributed by atoms with Crippen LogP contribution in [0.2, 0.25) is 0 Å². The van der Waals surface area contributed by atoms with Crippen molar-refractivity contribution in [1.29, 1.82) is 0 Å². The number of fused-ring (bicyclic) bond motifs is 2. The number of hydrogen-bond acceptors (Lipinski definition) is 4. The Morgan fingerprint density at radius 2 is 2.04 bits per heavy atom. The summed E-state index contributed by atoms with van der Waals surface area (Å²) < 4.78 is 1.74. The van der Waals surface area contributed by atoms with Crippen LogP contribution in [-0.2, 0) is 29.9 Å². The number of carbonyl (C=O) groups excluding carboxylic acids is 2. The lowest BCUT2D eigenvalue weighted by Gasteiger charge is -2.30. The van der Waals surface area contributed by atoms with Crippen LogP contribution in [0.5, 0.6) is 0 Å². The van der Waals surface area contributed by atoms with Crippen LogP contribution >= 0.6 is 11.8 Å². The topological polar surface area (TPSA) is 67.2 Å². The van der Waals surface area contributed by atoms with E-state index in [9.17, 15) is 9.59 Å². The van der Waals surface area contributed by atoms with Crippen molar-refractivity contribution in [2.24, 2.45) is 13.0 Å². The molecule has 3 heterocycles. The van der Waals surface area contributed by atoms with Crippen molar-refractivity contribution in [2.75, 3.05) is 5.32 Å². The predicted octanol–water partition coefficient (Wildman–Crippen LogP) is 2.79. The molecule has 136 valence electrons. The maximum Gasteiger partial charge on any atom is 0.255 e. The van der Waals surface area contributed by atoms with Crippen molar-refractivity contribution in [3.05, 3.63) is 46.6 Å². The molecule has 1 atom stereocenters. The Hall–Kier alpha value is -2.28. The number of nitrogens with one attached hydrogen (secondary N) is 1. The van der Waals surface area contributed by atoms with Gasteiger partial charge in [0.1, 0.15) is 11.9 Å². The van der Waals surface area contributed by atoms with Crippen LogP contribution in [0.25, 0.3) is 0 Å². The van der Waals surface area contributed by atoms with Crippen LogP contribution in [-0.4, -0.2) is 32.5 Å². The summed E-state index contributed by atoms with van der Waals surface area (Å²) in [5.41, 5.74) is 3.82. The second-order valence-electron chi connectivity index (χ2n) is 7.16. The summed E-state index contributed by atoms with van der Waals surface area (Å²) in [5.74, 6) is 2.28. The van der Waals surface area contributed by atoms with Crippen LogP contribution in [0.15, 0.2) is 24.3 Å². The van der Waals surface area contributed by atoms with E-state index in [1.54, 1.807) is 21.3 Å². The molecule has 1 aromatic heterocycles. The molecule has 2 amide bonds. The van der Waals surface area contributed by atoms with Gasteiger partial charge in [0.25, 0.3) is 5.91 Å². The van der Waals surface area contributed by atoms with Gasteiger partial charge in [0.2, 0.25) is 5.91 Å². The fraction of sp³-hybridized carbons (Fsp3) is 0.421. The summed E-state index contributed by atoms with van der Waals surface area (Å²) in [6.45, 7) is 4.43. The van der Waals surface area contributed by atoms with Crippen LogP contribution in [0.1, 0.15) is 41.0 Å². The molecule has 6 nitrogen and oxygen atoms in total. The van der Waals surface area contributed by atoms with Crippen molar-refractivity contribution >= 4 is 29.4 Å². The number of benzene rings is 1. The Morgan fingerprint density at radius 1 is 1.27 bits per heavy atom. The number of aromatic nitrogens is 2. The molecule has 0 unspecified atom stereocenters. The molecule has 7 heteroatoms.